The maximum atomic E-state index is 13.6. The van der Waals surface area contributed by atoms with Crippen LogP contribution >= 0.6 is 0 Å². The molecule has 0 bridgehead atoms. The number of ether oxygens (including phenoxy) is 2. The predicted molar refractivity (Wildman–Crippen MR) is 149 cm³/mol. The molecule has 0 atom stereocenters. The SMILES string of the molecule is O=S(=O)(ON=C(c1ccc(OCCCOc2ccc(C(=NOS(=O)(=O)C(F)(F)F)C(F)(F)F)cc2)cc1)C(F)(F)F)c1ccc(C(F)(F)F)cc1. The van der Waals surface area contributed by atoms with Crippen LogP contribution < -0.4 is 9.47 Å². The molecule has 0 amide bonds. The lowest BCUT2D eigenvalue weighted by molar-refractivity contribution is -0.137. The highest BCUT2D eigenvalue weighted by Crippen LogP contribution is 2.31. The zero-order valence-electron chi connectivity index (χ0n) is 24.6. The van der Waals surface area contributed by atoms with Crippen molar-refractivity contribution >= 4 is 31.7 Å². The molecule has 0 saturated carbocycles. The first-order valence-electron chi connectivity index (χ1n) is 13.2. The highest BCUT2D eigenvalue weighted by molar-refractivity contribution is 7.87. The zero-order valence-corrected chi connectivity index (χ0v) is 26.2. The summed E-state index contributed by atoms with van der Waals surface area (Å²) in [6, 6.07) is 8.79. The van der Waals surface area contributed by atoms with Gasteiger partial charge in [-0.2, -0.15) is 69.5 Å². The smallest absolute Gasteiger partial charge is 0.493 e. The molecule has 0 unspecified atom stereocenters. The molecular formula is C27H18F12N2O8S2. The number of alkyl halides is 12. The van der Waals surface area contributed by atoms with Gasteiger partial charge >= 0.3 is 44.3 Å². The molecule has 0 aromatic heterocycles. The second-order valence-electron chi connectivity index (χ2n) is 9.50. The molecule has 3 aromatic rings. The van der Waals surface area contributed by atoms with Gasteiger partial charge in [-0.05, 0) is 72.8 Å². The fourth-order valence-corrected chi connectivity index (χ4v) is 4.45. The quantitative estimate of drug-likeness (QED) is 0.0578. The summed E-state index contributed by atoms with van der Waals surface area (Å²) in [6.07, 6.45) is -15.4. The molecular weight excluding hydrogens is 772 g/mol. The van der Waals surface area contributed by atoms with Crippen molar-refractivity contribution in [3.05, 3.63) is 89.5 Å². The third kappa shape index (κ3) is 11.4. The molecule has 0 spiro atoms. The summed E-state index contributed by atoms with van der Waals surface area (Å²) < 4.78 is 220. The first-order chi connectivity index (χ1) is 23.3. The van der Waals surface area contributed by atoms with E-state index in [-0.39, 0.29) is 31.1 Å². The average Bonchev–Trinajstić information content (AvgIpc) is 3.00. The molecule has 10 nitrogen and oxygen atoms in total. The van der Waals surface area contributed by atoms with Gasteiger partial charge < -0.3 is 9.47 Å². The zero-order chi connectivity index (χ0) is 38.5. The minimum absolute atomic E-state index is 0.0108. The second kappa shape index (κ2) is 15.2. The number of hydrogen-bond donors (Lipinski definition) is 0. The average molecular weight is 791 g/mol. The number of rotatable bonds is 13. The Morgan fingerprint density at radius 3 is 1.29 bits per heavy atom. The molecule has 0 fully saturated rings. The largest absolute Gasteiger partial charge is 0.536 e. The molecule has 0 aliphatic rings. The van der Waals surface area contributed by atoms with Crippen molar-refractivity contribution in [2.24, 2.45) is 10.3 Å². The first kappa shape index (κ1) is 40.7. The number of benzene rings is 3. The Kier molecular flexibility index (Phi) is 12.2. The van der Waals surface area contributed by atoms with Crippen LogP contribution in [-0.2, 0) is 35.0 Å². The van der Waals surface area contributed by atoms with Gasteiger partial charge in [-0.1, -0.05) is 10.3 Å². The van der Waals surface area contributed by atoms with Crippen LogP contribution in [0.5, 0.6) is 11.5 Å². The Labute approximate surface area is 279 Å². The van der Waals surface area contributed by atoms with E-state index in [0.717, 1.165) is 36.4 Å². The van der Waals surface area contributed by atoms with E-state index in [1.165, 1.54) is 0 Å². The van der Waals surface area contributed by atoms with Crippen molar-refractivity contribution in [2.75, 3.05) is 13.2 Å². The Balaban J connectivity index is 1.58. The maximum Gasteiger partial charge on any atom is 0.536 e. The van der Waals surface area contributed by atoms with Gasteiger partial charge in [-0.25, -0.2) is 0 Å². The van der Waals surface area contributed by atoms with Gasteiger partial charge in [0.15, 0.2) is 11.4 Å². The van der Waals surface area contributed by atoms with Crippen LogP contribution in [0.3, 0.4) is 0 Å². The number of halogens is 12. The van der Waals surface area contributed by atoms with Crippen LogP contribution in [0.15, 0.2) is 88.0 Å². The molecule has 0 aliphatic heterocycles. The summed E-state index contributed by atoms with van der Waals surface area (Å²) in [4.78, 5) is -0.900. The van der Waals surface area contributed by atoms with E-state index < -0.39 is 77.3 Å². The summed E-state index contributed by atoms with van der Waals surface area (Å²) >= 11 is 0. The van der Waals surface area contributed by atoms with Gasteiger partial charge in [0.2, 0.25) is 0 Å². The van der Waals surface area contributed by atoms with Crippen LogP contribution in [-0.4, -0.2) is 59.3 Å². The molecule has 0 radical (unpaired) electrons. The van der Waals surface area contributed by atoms with Gasteiger partial charge in [0.25, 0.3) is 0 Å². The number of oxime groups is 2. The normalized spacial score (nSPS) is 13.9. The van der Waals surface area contributed by atoms with Crippen molar-refractivity contribution in [1.82, 2.24) is 0 Å². The van der Waals surface area contributed by atoms with E-state index >= 15 is 0 Å². The first-order valence-corrected chi connectivity index (χ1v) is 16.0. The summed E-state index contributed by atoms with van der Waals surface area (Å²) in [5.41, 5.74) is -12.7. The second-order valence-corrected chi connectivity index (χ2v) is 12.5. The minimum atomic E-state index is -6.46. The van der Waals surface area contributed by atoms with E-state index in [0.29, 0.717) is 36.4 Å². The molecule has 3 rings (SSSR count). The number of hydrogen-bond acceptors (Lipinski definition) is 10. The highest BCUT2D eigenvalue weighted by atomic mass is 32.2. The fourth-order valence-electron chi connectivity index (χ4n) is 3.46. The van der Waals surface area contributed by atoms with E-state index in [2.05, 4.69) is 18.9 Å². The van der Waals surface area contributed by atoms with Gasteiger partial charge in [-0.3, -0.25) is 8.57 Å². The topological polar surface area (TPSA) is 130 Å². The third-order valence-corrected chi connectivity index (χ3v) is 7.78. The van der Waals surface area contributed by atoms with Crippen LogP contribution in [0.1, 0.15) is 23.1 Å². The number of nitrogens with zero attached hydrogens (tertiary/aromatic N) is 2. The van der Waals surface area contributed by atoms with Gasteiger partial charge in [-0.15, -0.1) is 0 Å². The molecule has 280 valence electrons. The van der Waals surface area contributed by atoms with Crippen LogP contribution in [0.2, 0.25) is 0 Å². The Morgan fingerprint density at radius 2 is 0.941 bits per heavy atom. The standard InChI is InChI=1S/C27H18F12N2O8S2/c28-24(29,30)18-6-12-21(13-7-18)50(42,43)48-40-22(25(31,32)33)16-2-8-19(9-3-16)46-14-1-15-47-20-10-4-17(5-11-20)23(26(34,35)36)41-49-51(44,45)27(37,38)39/h2-13H,1,14-15H2. The molecule has 3 aromatic carbocycles. The Bertz CT molecular complexity index is 1920. The lowest BCUT2D eigenvalue weighted by atomic mass is 10.1. The van der Waals surface area contributed by atoms with E-state index in [1.807, 2.05) is 0 Å². The van der Waals surface area contributed by atoms with E-state index in [1.54, 1.807) is 0 Å². The van der Waals surface area contributed by atoms with Crippen molar-refractivity contribution < 1.29 is 87.6 Å². The Hall–Kier alpha value is -4.74. The van der Waals surface area contributed by atoms with Crippen LogP contribution in [0.25, 0.3) is 0 Å². The van der Waals surface area contributed by atoms with Gasteiger partial charge in [0.05, 0.1) is 18.8 Å². The molecule has 0 N–H and O–H groups in total. The van der Waals surface area contributed by atoms with Crippen LogP contribution in [0, 0.1) is 0 Å². The maximum absolute atomic E-state index is 13.6. The molecule has 0 heterocycles. The van der Waals surface area contributed by atoms with E-state index in [9.17, 15) is 69.5 Å². The molecule has 24 heteroatoms. The third-order valence-electron chi connectivity index (χ3n) is 5.83. The lowest BCUT2D eigenvalue weighted by Gasteiger charge is -2.13. The summed E-state index contributed by atoms with van der Waals surface area (Å²) in [5, 5.41) is 4.79. The highest BCUT2D eigenvalue weighted by Gasteiger charge is 2.50. The monoisotopic (exact) mass is 790 g/mol. The summed E-state index contributed by atoms with van der Waals surface area (Å²) in [5.74, 6) is -0.0355. The van der Waals surface area contributed by atoms with Crippen molar-refractivity contribution in [2.45, 2.75) is 35.4 Å². The fraction of sp³-hybridized carbons (Fsp3) is 0.259. The summed E-state index contributed by atoms with van der Waals surface area (Å²) in [6.45, 7) is -0.262. The van der Waals surface area contributed by atoms with Crippen molar-refractivity contribution in [3.8, 4) is 11.5 Å². The summed E-state index contributed by atoms with van der Waals surface area (Å²) in [7, 11) is -11.5. The lowest BCUT2D eigenvalue weighted by Crippen LogP contribution is -2.28. The van der Waals surface area contributed by atoms with Crippen LogP contribution in [0.4, 0.5) is 52.7 Å². The van der Waals surface area contributed by atoms with E-state index in [4.69, 9.17) is 9.47 Å². The molecule has 0 saturated heterocycles. The van der Waals surface area contributed by atoms with Gasteiger partial charge in [0, 0.05) is 17.5 Å². The van der Waals surface area contributed by atoms with Crippen molar-refractivity contribution in [3.63, 3.8) is 0 Å². The van der Waals surface area contributed by atoms with Gasteiger partial charge in [0.1, 0.15) is 16.4 Å². The predicted octanol–water partition coefficient (Wildman–Crippen LogP) is 7.36. The molecule has 51 heavy (non-hydrogen) atoms. The Morgan fingerprint density at radius 1 is 0.549 bits per heavy atom. The minimum Gasteiger partial charge on any atom is -0.493 e. The van der Waals surface area contributed by atoms with Crippen molar-refractivity contribution in [1.29, 1.82) is 0 Å². The molecule has 0 aliphatic carbocycles.